The minimum atomic E-state index is 0.0270. The molecular weight excluding hydrogens is 240 g/mol. The molecule has 1 heterocycles. The molecule has 1 saturated carbocycles. The summed E-state index contributed by atoms with van der Waals surface area (Å²) >= 11 is 0. The SMILES string of the molecule is CCc1c(C(=O)N(CC)C2CC2)[nH]c(C)c1C(C)=O. The van der Waals surface area contributed by atoms with Gasteiger partial charge < -0.3 is 9.88 Å². The molecule has 0 aliphatic heterocycles. The fraction of sp³-hybridized carbons (Fsp3) is 0.600. The summed E-state index contributed by atoms with van der Waals surface area (Å²) in [6.45, 7) is 8.13. The lowest BCUT2D eigenvalue weighted by Gasteiger charge is -2.20. The number of rotatable bonds is 5. The van der Waals surface area contributed by atoms with Gasteiger partial charge in [0.05, 0.1) is 0 Å². The van der Waals surface area contributed by atoms with E-state index in [9.17, 15) is 9.59 Å². The number of hydrogen-bond donors (Lipinski definition) is 1. The molecule has 19 heavy (non-hydrogen) atoms. The number of aromatic nitrogens is 1. The van der Waals surface area contributed by atoms with Gasteiger partial charge in [-0.3, -0.25) is 9.59 Å². The van der Waals surface area contributed by atoms with Crippen LogP contribution in [-0.4, -0.2) is 34.2 Å². The second kappa shape index (κ2) is 5.19. The third-order valence-electron chi connectivity index (χ3n) is 3.80. The first-order valence-corrected chi connectivity index (χ1v) is 7.04. The molecule has 0 unspecified atom stereocenters. The van der Waals surface area contributed by atoms with E-state index in [4.69, 9.17) is 0 Å². The van der Waals surface area contributed by atoms with Crippen LogP contribution in [0.15, 0.2) is 0 Å². The van der Waals surface area contributed by atoms with Crippen LogP contribution in [0.1, 0.15) is 65.7 Å². The number of ketones is 1. The number of carbonyl (C=O) groups is 2. The van der Waals surface area contributed by atoms with Crippen LogP contribution < -0.4 is 0 Å². The van der Waals surface area contributed by atoms with Crippen molar-refractivity contribution in [2.24, 2.45) is 0 Å². The van der Waals surface area contributed by atoms with E-state index in [1.54, 1.807) is 6.92 Å². The maximum absolute atomic E-state index is 12.6. The normalized spacial score (nSPS) is 14.5. The number of Topliss-reactive ketones (excluding diaryl/α,β-unsaturated/α-hetero) is 1. The van der Waals surface area contributed by atoms with Crippen LogP contribution in [0.3, 0.4) is 0 Å². The second-order valence-electron chi connectivity index (χ2n) is 5.21. The summed E-state index contributed by atoms with van der Waals surface area (Å²) in [5.74, 6) is 0.0663. The molecular formula is C15H22N2O2. The van der Waals surface area contributed by atoms with Crippen molar-refractivity contribution in [3.05, 3.63) is 22.5 Å². The van der Waals surface area contributed by atoms with Gasteiger partial charge >= 0.3 is 0 Å². The number of nitrogens with zero attached hydrogens (tertiary/aromatic N) is 1. The smallest absolute Gasteiger partial charge is 0.270 e. The number of H-pyrrole nitrogens is 1. The van der Waals surface area contributed by atoms with E-state index >= 15 is 0 Å². The minimum absolute atomic E-state index is 0.0270. The Bertz CT molecular complexity index is 512. The van der Waals surface area contributed by atoms with E-state index in [1.165, 1.54) is 0 Å². The lowest BCUT2D eigenvalue weighted by Crippen LogP contribution is -2.33. The van der Waals surface area contributed by atoms with E-state index < -0.39 is 0 Å². The standard InChI is InChI=1S/C15H22N2O2/c1-5-12-13(10(4)18)9(3)16-14(12)15(19)17(6-2)11-7-8-11/h11,16H,5-8H2,1-4H3. The summed E-state index contributed by atoms with van der Waals surface area (Å²) < 4.78 is 0. The number of aromatic amines is 1. The molecule has 104 valence electrons. The minimum Gasteiger partial charge on any atom is -0.354 e. The number of hydrogen-bond acceptors (Lipinski definition) is 2. The van der Waals surface area contributed by atoms with Crippen molar-refractivity contribution < 1.29 is 9.59 Å². The highest BCUT2D eigenvalue weighted by Gasteiger charge is 2.34. The fourth-order valence-corrected chi connectivity index (χ4v) is 2.79. The van der Waals surface area contributed by atoms with E-state index in [1.807, 2.05) is 25.7 Å². The lowest BCUT2D eigenvalue weighted by molar-refractivity contribution is 0.0746. The number of nitrogens with one attached hydrogen (secondary N) is 1. The third-order valence-corrected chi connectivity index (χ3v) is 3.80. The van der Waals surface area contributed by atoms with Crippen molar-refractivity contribution in [2.75, 3.05) is 6.54 Å². The van der Waals surface area contributed by atoms with Gasteiger partial charge in [0.15, 0.2) is 5.78 Å². The van der Waals surface area contributed by atoms with Crippen LogP contribution in [0.4, 0.5) is 0 Å². The van der Waals surface area contributed by atoms with Crippen LogP contribution in [-0.2, 0) is 6.42 Å². The van der Waals surface area contributed by atoms with Crippen molar-refractivity contribution in [2.45, 2.75) is 53.0 Å². The maximum atomic E-state index is 12.6. The molecule has 4 heteroatoms. The molecule has 1 N–H and O–H groups in total. The van der Waals surface area contributed by atoms with Gasteiger partial charge in [0.1, 0.15) is 5.69 Å². The second-order valence-corrected chi connectivity index (χ2v) is 5.21. The number of aryl methyl sites for hydroxylation is 1. The highest BCUT2D eigenvalue weighted by molar-refractivity contribution is 6.02. The zero-order chi connectivity index (χ0) is 14.2. The van der Waals surface area contributed by atoms with Gasteiger partial charge in [0.25, 0.3) is 5.91 Å². The Morgan fingerprint density at radius 2 is 1.95 bits per heavy atom. The molecule has 1 amide bonds. The van der Waals surface area contributed by atoms with Crippen molar-refractivity contribution in [3.8, 4) is 0 Å². The van der Waals surface area contributed by atoms with Gasteiger partial charge in [-0.25, -0.2) is 0 Å². The van der Waals surface area contributed by atoms with Crippen LogP contribution in [0.2, 0.25) is 0 Å². The average Bonchev–Trinajstić information content (AvgIpc) is 3.12. The molecule has 1 aliphatic carbocycles. The van der Waals surface area contributed by atoms with Gasteiger partial charge in [0, 0.05) is 23.8 Å². The molecule has 0 aromatic carbocycles. The van der Waals surface area contributed by atoms with Crippen molar-refractivity contribution in [1.82, 2.24) is 9.88 Å². The van der Waals surface area contributed by atoms with Gasteiger partial charge in [-0.05, 0) is 45.6 Å². The Morgan fingerprint density at radius 3 is 2.37 bits per heavy atom. The predicted octanol–water partition coefficient (Wildman–Crippen LogP) is 2.71. The maximum Gasteiger partial charge on any atom is 0.270 e. The molecule has 1 aliphatic rings. The van der Waals surface area contributed by atoms with Gasteiger partial charge in [-0.15, -0.1) is 0 Å². The van der Waals surface area contributed by atoms with Crippen LogP contribution in [0, 0.1) is 6.92 Å². The molecule has 2 rings (SSSR count). The first-order valence-electron chi connectivity index (χ1n) is 7.04. The summed E-state index contributed by atoms with van der Waals surface area (Å²) in [7, 11) is 0. The number of amides is 1. The monoisotopic (exact) mass is 262 g/mol. The zero-order valence-electron chi connectivity index (χ0n) is 12.2. The van der Waals surface area contributed by atoms with E-state index in [2.05, 4.69) is 4.98 Å². The molecule has 1 aromatic heterocycles. The zero-order valence-corrected chi connectivity index (χ0v) is 12.2. The molecule has 0 bridgehead atoms. The van der Waals surface area contributed by atoms with Crippen molar-refractivity contribution in [1.29, 1.82) is 0 Å². The van der Waals surface area contributed by atoms with Crippen molar-refractivity contribution in [3.63, 3.8) is 0 Å². The third kappa shape index (κ3) is 2.44. The molecule has 1 fully saturated rings. The van der Waals surface area contributed by atoms with Gasteiger partial charge in [-0.1, -0.05) is 6.92 Å². The van der Waals surface area contributed by atoms with Gasteiger partial charge in [-0.2, -0.15) is 0 Å². The van der Waals surface area contributed by atoms with E-state index in [0.29, 0.717) is 23.7 Å². The summed E-state index contributed by atoms with van der Waals surface area (Å²) in [6, 6.07) is 0.395. The average molecular weight is 262 g/mol. The summed E-state index contributed by atoms with van der Waals surface area (Å²) in [5, 5.41) is 0. The predicted molar refractivity (Wildman–Crippen MR) is 74.6 cm³/mol. The molecule has 1 aromatic rings. The summed E-state index contributed by atoms with van der Waals surface area (Å²) in [5.41, 5.74) is 2.98. The van der Waals surface area contributed by atoms with Crippen molar-refractivity contribution >= 4 is 11.7 Å². The molecule has 0 radical (unpaired) electrons. The highest BCUT2D eigenvalue weighted by Crippen LogP contribution is 2.29. The van der Waals surface area contributed by atoms with Crippen LogP contribution in [0.5, 0.6) is 0 Å². The van der Waals surface area contributed by atoms with Crippen LogP contribution >= 0.6 is 0 Å². The summed E-state index contributed by atoms with van der Waals surface area (Å²) in [6.07, 6.45) is 2.89. The highest BCUT2D eigenvalue weighted by atomic mass is 16.2. The Morgan fingerprint density at radius 1 is 1.32 bits per heavy atom. The topological polar surface area (TPSA) is 53.2 Å². The first kappa shape index (κ1) is 13.8. The largest absolute Gasteiger partial charge is 0.354 e. The Balaban J connectivity index is 2.41. The quantitative estimate of drug-likeness (QED) is 0.829. The molecule has 4 nitrogen and oxygen atoms in total. The Kier molecular flexibility index (Phi) is 3.78. The van der Waals surface area contributed by atoms with Crippen LogP contribution in [0.25, 0.3) is 0 Å². The molecule has 0 saturated heterocycles. The lowest BCUT2D eigenvalue weighted by atomic mass is 10.0. The molecule has 0 atom stereocenters. The van der Waals surface area contributed by atoms with Gasteiger partial charge in [0.2, 0.25) is 0 Å². The summed E-state index contributed by atoms with van der Waals surface area (Å²) in [4.78, 5) is 29.4. The Labute approximate surface area is 114 Å². The van der Waals surface area contributed by atoms with E-state index in [0.717, 1.165) is 30.6 Å². The fourth-order valence-electron chi connectivity index (χ4n) is 2.79. The van der Waals surface area contributed by atoms with E-state index in [-0.39, 0.29) is 11.7 Å². The molecule has 0 spiro atoms. The Hall–Kier alpha value is -1.58. The first-order chi connectivity index (χ1) is 9.01. The number of carbonyl (C=O) groups excluding carboxylic acids is 2.